The zero-order valence-corrected chi connectivity index (χ0v) is 17.7. The number of phenolic OH excluding ortho intramolecular Hbond substituents is 1. The van der Waals surface area contributed by atoms with Crippen molar-refractivity contribution in [3.05, 3.63) is 48.5 Å². The van der Waals surface area contributed by atoms with Gasteiger partial charge in [0, 0.05) is 0 Å². The van der Waals surface area contributed by atoms with Gasteiger partial charge in [0.25, 0.3) is 0 Å². The second kappa shape index (κ2) is 14.1. The van der Waals surface area contributed by atoms with E-state index >= 15 is 0 Å². The predicted molar refractivity (Wildman–Crippen MR) is 120 cm³/mol. The number of hydrogen-bond donors (Lipinski definition) is 1. The van der Waals surface area contributed by atoms with Crippen LogP contribution in [0.4, 0.5) is 0 Å². The lowest BCUT2D eigenvalue weighted by Gasteiger charge is -2.08. The van der Waals surface area contributed by atoms with Crippen LogP contribution in [-0.2, 0) is 0 Å². The average molecular weight is 383 g/mol. The first kappa shape index (κ1) is 22.3. The summed E-state index contributed by atoms with van der Waals surface area (Å²) in [5, 5.41) is 9.38. The Bertz CT molecular complexity index is 616. The minimum atomic E-state index is 0.297. The number of hydrogen-bond acceptors (Lipinski definition) is 2. The fourth-order valence-electron chi connectivity index (χ4n) is 3.53. The van der Waals surface area contributed by atoms with Crippen molar-refractivity contribution in [2.75, 3.05) is 6.61 Å². The summed E-state index contributed by atoms with van der Waals surface area (Å²) >= 11 is 0. The van der Waals surface area contributed by atoms with Gasteiger partial charge in [-0.25, -0.2) is 0 Å². The van der Waals surface area contributed by atoms with Crippen LogP contribution in [0.5, 0.6) is 11.5 Å². The summed E-state index contributed by atoms with van der Waals surface area (Å²) in [6.07, 6.45) is 16.4. The molecule has 0 radical (unpaired) electrons. The second-order valence-electron chi connectivity index (χ2n) is 7.81. The molecule has 0 amide bonds. The largest absolute Gasteiger partial charge is 0.508 e. The number of unbranched alkanes of at least 4 members (excludes halogenated alkanes) is 11. The SMILES string of the molecule is CCCCCCCCCCCCCCOc1ccc(-c2ccc(O)cc2)cc1. The van der Waals surface area contributed by atoms with Crippen LogP contribution in [0.1, 0.15) is 84.0 Å². The van der Waals surface area contributed by atoms with E-state index in [2.05, 4.69) is 19.1 Å². The van der Waals surface area contributed by atoms with Crippen LogP contribution in [-0.4, -0.2) is 11.7 Å². The molecule has 0 heterocycles. The van der Waals surface area contributed by atoms with Gasteiger partial charge in [-0.05, 0) is 41.8 Å². The van der Waals surface area contributed by atoms with Gasteiger partial charge in [0.05, 0.1) is 6.61 Å². The molecule has 0 aromatic heterocycles. The Morgan fingerprint density at radius 2 is 1.00 bits per heavy atom. The maximum Gasteiger partial charge on any atom is 0.119 e. The van der Waals surface area contributed by atoms with Gasteiger partial charge in [-0.15, -0.1) is 0 Å². The second-order valence-corrected chi connectivity index (χ2v) is 7.81. The van der Waals surface area contributed by atoms with Crippen molar-refractivity contribution < 1.29 is 9.84 Å². The van der Waals surface area contributed by atoms with Crippen LogP contribution >= 0.6 is 0 Å². The van der Waals surface area contributed by atoms with E-state index in [1.54, 1.807) is 12.1 Å². The molecule has 0 aliphatic carbocycles. The molecule has 1 N–H and O–H groups in total. The van der Waals surface area contributed by atoms with E-state index in [4.69, 9.17) is 4.74 Å². The molecule has 0 atom stereocenters. The van der Waals surface area contributed by atoms with E-state index in [1.165, 1.54) is 70.6 Å². The Balaban J connectivity index is 1.47. The number of benzene rings is 2. The Morgan fingerprint density at radius 1 is 0.571 bits per heavy atom. The van der Waals surface area contributed by atoms with E-state index in [1.807, 2.05) is 24.3 Å². The van der Waals surface area contributed by atoms with E-state index in [0.29, 0.717) is 5.75 Å². The maximum absolute atomic E-state index is 9.38. The lowest BCUT2D eigenvalue weighted by atomic mass is 10.1. The van der Waals surface area contributed by atoms with E-state index < -0.39 is 0 Å². The fourth-order valence-corrected chi connectivity index (χ4v) is 3.53. The molecule has 154 valence electrons. The summed E-state index contributed by atoms with van der Waals surface area (Å²) in [7, 11) is 0. The third kappa shape index (κ3) is 9.30. The van der Waals surface area contributed by atoms with Crippen LogP contribution in [0.25, 0.3) is 11.1 Å². The molecule has 0 unspecified atom stereocenters. The molecule has 0 aliphatic rings. The smallest absolute Gasteiger partial charge is 0.119 e. The van der Waals surface area contributed by atoms with Crippen molar-refractivity contribution in [2.45, 2.75) is 84.0 Å². The van der Waals surface area contributed by atoms with Crippen LogP contribution < -0.4 is 4.74 Å². The lowest BCUT2D eigenvalue weighted by Crippen LogP contribution is -1.97. The minimum Gasteiger partial charge on any atom is -0.508 e. The predicted octanol–water partition coefficient (Wildman–Crippen LogP) is 8.14. The number of ether oxygens (including phenoxy) is 1. The third-order valence-electron chi connectivity index (χ3n) is 5.32. The highest BCUT2D eigenvalue weighted by Crippen LogP contribution is 2.24. The van der Waals surface area contributed by atoms with Crippen LogP contribution in [0.3, 0.4) is 0 Å². The minimum absolute atomic E-state index is 0.297. The zero-order valence-electron chi connectivity index (χ0n) is 17.7. The highest BCUT2D eigenvalue weighted by Gasteiger charge is 2.00. The standard InChI is InChI=1S/C26H38O2/c1-2-3-4-5-6-7-8-9-10-11-12-13-22-28-26-20-16-24(17-21-26)23-14-18-25(27)19-15-23/h14-21,27H,2-13,22H2,1H3. The summed E-state index contributed by atoms with van der Waals surface area (Å²) in [5.41, 5.74) is 2.24. The fraction of sp³-hybridized carbons (Fsp3) is 0.538. The van der Waals surface area contributed by atoms with Crippen molar-refractivity contribution in [3.63, 3.8) is 0 Å². The van der Waals surface area contributed by atoms with E-state index in [-0.39, 0.29) is 0 Å². The molecular formula is C26H38O2. The van der Waals surface area contributed by atoms with Gasteiger partial charge in [-0.2, -0.15) is 0 Å². The van der Waals surface area contributed by atoms with Crippen molar-refractivity contribution >= 4 is 0 Å². The summed E-state index contributed by atoms with van der Waals surface area (Å²) in [4.78, 5) is 0. The van der Waals surface area contributed by atoms with Crippen molar-refractivity contribution in [2.24, 2.45) is 0 Å². The van der Waals surface area contributed by atoms with E-state index in [0.717, 1.165) is 29.9 Å². The molecule has 0 saturated heterocycles. The molecule has 2 nitrogen and oxygen atoms in total. The lowest BCUT2D eigenvalue weighted by molar-refractivity contribution is 0.304. The van der Waals surface area contributed by atoms with Gasteiger partial charge in [0.1, 0.15) is 11.5 Å². The Kier molecular flexibility index (Phi) is 11.2. The number of aromatic hydroxyl groups is 1. The van der Waals surface area contributed by atoms with Crippen molar-refractivity contribution in [3.8, 4) is 22.6 Å². The van der Waals surface area contributed by atoms with Gasteiger partial charge < -0.3 is 9.84 Å². The van der Waals surface area contributed by atoms with Crippen LogP contribution in [0, 0.1) is 0 Å². The molecule has 2 rings (SSSR count). The van der Waals surface area contributed by atoms with Crippen molar-refractivity contribution in [1.82, 2.24) is 0 Å². The monoisotopic (exact) mass is 382 g/mol. The molecule has 2 heteroatoms. The quantitative estimate of drug-likeness (QED) is 0.315. The average Bonchev–Trinajstić information content (AvgIpc) is 2.72. The van der Waals surface area contributed by atoms with Crippen molar-refractivity contribution in [1.29, 1.82) is 0 Å². The first-order chi connectivity index (χ1) is 13.8. The van der Waals surface area contributed by atoms with Gasteiger partial charge in [0.15, 0.2) is 0 Å². The maximum atomic E-state index is 9.38. The van der Waals surface area contributed by atoms with Gasteiger partial charge in [-0.1, -0.05) is 102 Å². The molecule has 0 fully saturated rings. The van der Waals surface area contributed by atoms with Gasteiger partial charge in [0.2, 0.25) is 0 Å². The van der Waals surface area contributed by atoms with Crippen LogP contribution in [0.15, 0.2) is 48.5 Å². The molecule has 0 bridgehead atoms. The number of rotatable bonds is 15. The Labute approximate surface area is 172 Å². The van der Waals surface area contributed by atoms with Crippen LogP contribution in [0.2, 0.25) is 0 Å². The Morgan fingerprint density at radius 3 is 1.50 bits per heavy atom. The molecular weight excluding hydrogens is 344 g/mol. The highest BCUT2D eigenvalue weighted by molar-refractivity contribution is 5.64. The summed E-state index contributed by atoms with van der Waals surface area (Å²) in [6.45, 7) is 3.08. The summed E-state index contributed by atoms with van der Waals surface area (Å²) in [5.74, 6) is 1.23. The molecule has 0 aliphatic heterocycles. The summed E-state index contributed by atoms with van der Waals surface area (Å²) in [6, 6.07) is 15.5. The third-order valence-corrected chi connectivity index (χ3v) is 5.32. The summed E-state index contributed by atoms with van der Waals surface area (Å²) < 4.78 is 5.87. The highest BCUT2D eigenvalue weighted by atomic mass is 16.5. The zero-order chi connectivity index (χ0) is 19.9. The normalized spacial score (nSPS) is 10.9. The molecule has 2 aromatic rings. The van der Waals surface area contributed by atoms with E-state index in [9.17, 15) is 5.11 Å². The first-order valence-corrected chi connectivity index (χ1v) is 11.3. The Hall–Kier alpha value is -1.96. The van der Waals surface area contributed by atoms with Gasteiger partial charge in [-0.3, -0.25) is 0 Å². The van der Waals surface area contributed by atoms with Gasteiger partial charge >= 0.3 is 0 Å². The molecule has 0 spiro atoms. The topological polar surface area (TPSA) is 29.5 Å². The first-order valence-electron chi connectivity index (χ1n) is 11.3. The number of phenols is 1. The molecule has 28 heavy (non-hydrogen) atoms. The molecule has 0 saturated carbocycles. The molecule has 2 aromatic carbocycles.